The zero-order valence-electron chi connectivity index (χ0n) is 25.3. The van der Waals surface area contributed by atoms with Gasteiger partial charge in [-0.25, -0.2) is 0 Å². The lowest BCUT2D eigenvalue weighted by Crippen LogP contribution is -2.57. The van der Waals surface area contributed by atoms with Crippen LogP contribution in [0.5, 0.6) is 5.75 Å². The van der Waals surface area contributed by atoms with E-state index in [4.69, 9.17) is 25.8 Å². The van der Waals surface area contributed by atoms with Crippen LogP contribution in [0.25, 0.3) is 0 Å². The van der Waals surface area contributed by atoms with Crippen molar-refractivity contribution < 1.29 is 38.5 Å². The molecule has 0 amide bonds. The number of ether oxygens (including phenoxy) is 3. The summed E-state index contributed by atoms with van der Waals surface area (Å²) in [5.41, 5.74) is -3.11. The molecule has 0 saturated carbocycles. The molecular formula is C32H41ClO8. The van der Waals surface area contributed by atoms with E-state index in [0.29, 0.717) is 16.1 Å². The highest BCUT2D eigenvalue weighted by Gasteiger charge is 2.62. The van der Waals surface area contributed by atoms with Gasteiger partial charge in [0.15, 0.2) is 17.1 Å². The Morgan fingerprint density at radius 1 is 0.756 bits per heavy atom. The van der Waals surface area contributed by atoms with Crippen LogP contribution >= 0.6 is 11.6 Å². The number of hydrogen-bond donors (Lipinski definition) is 1. The van der Waals surface area contributed by atoms with E-state index in [1.54, 1.807) is 20.8 Å². The zero-order valence-corrected chi connectivity index (χ0v) is 26.1. The zero-order chi connectivity index (χ0) is 31.3. The van der Waals surface area contributed by atoms with Gasteiger partial charge in [0.1, 0.15) is 5.75 Å². The lowest BCUT2D eigenvalue weighted by molar-refractivity contribution is -0.171. The van der Waals surface area contributed by atoms with Crippen molar-refractivity contribution in [3.05, 3.63) is 63.7 Å². The Bertz CT molecular complexity index is 1230. The summed E-state index contributed by atoms with van der Waals surface area (Å²) >= 11 is 6.09. The van der Waals surface area contributed by atoms with E-state index in [2.05, 4.69) is 0 Å². The van der Waals surface area contributed by atoms with Gasteiger partial charge in [0, 0.05) is 10.6 Å². The molecule has 1 N–H and O–H groups in total. The normalized spacial score (nSPS) is 13.3. The van der Waals surface area contributed by atoms with Crippen molar-refractivity contribution in [2.45, 2.75) is 78.6 Å². The molecular weight excluding hydrogens is 548 g/mol. The van der Waals surface area contributed by atoms with Crippen molar-refractivity contribution in [2.24, 2.45) is 5.92 Å². The summed E-state index contributed by atoms with van der Waals surface area (Å²) < 4.78 is 16.0. The van der Waals surface area contributed by atoms with Crippen molar-refractivity contribution in [1.82, 2.24) is 0 Å². The summed E-state index contributed by atoms with van der Waals surface area (Å²) in [6.07, 6.45) is 0. The molecule has 224 valence electrons. The quantitative estimate of drug-likeness (QED) is 0.154. The molecule has 0 heterocycles. The third-order valence-electron chi connectivity index (χ3n) is 6.72. The Morgan fingerprint density at radius 2 is 1.17 bits per heavy atom. The van der Waals surface area contributed by atoms with E-state index in [1.165, 1.54) is 36.4 Å². The summed E-state index contributed by atoms with van der Waals surface area (Å²) in [6.45, 7) is 15.4. The molecule has 0 radical (unpaired) electrons. The molecule has 1 unspecified atom stereocenters. The fraction of sp³-hybridized carbons (Fsp3) is 0.500. The maximum atomic E-state index is 14.7. The Balaban J connectivity index is 3.29. The van der Waals surface area contributed by atoms with Gasteiger partial charge in [-0.05, 0) is 84.7 Å². The predicted molar refractivity (Wildman–Crippen MR) is 156 cm³/mol. The van der Waals surface area contributed by atoms with Crippen molar-refractivity contribution in [3.8, 4) is 5.75 Å². The maximum absolute atomic E-state index is 14.7. The first kappa shape index (κ1) is 33.8. The van der Waals surface area contributed by atoms with Crippen molar-refractivity contribution in [1.29, 1.82) is 0 Å². The number of aromatic hydroxyl groups is 1. The van der Waals surface area contributed by atoms with Crippen LogP contribution in [-0.4, -0.2) is 48.6 Å². The van der Waals surface area contributed by atoms with Gasteiger partial charge in [-0.3, -0.25) is 19.2 Å². The molecule has 0 aliphatic heterocycles. The van der Waals surface area contributed by atoms with Gasteiger partial charge in [-0.15, -0.1) is 0 Å². The van der Waals surface area contributed by atoms with Crippen LogP contribution in [0.3, 0.4) is 0 Å². The summed E-state index contributed by atoms with van der Waals surface area (Å²) in [6, 6.07) is 8.71. The fourth-order valence-electron chi connectivity index (χ4n) is 4.74. The molecule has 2 rings (SSSR count). The molecule has 9 heteroatoms. The fourth-order valence-corrected chi connectivity index (χ4v) is 4.86. The lowest BCUT2D eigenvalue weighted by atomic mass is 9.63. The summed E-state index contributed by atoms with van der Waals surface area (Å²) in [7, 11) is 0. The van der Waals surface area contributed by atoms with Crippen molar-refractivity contribution in [2.75, 3.05) is 19.8 Å². The van der Waals surface area contributed by atoms with Gasteiger partial charge in [-0.1, -0.05) is 53.1 Å². The van der Waals surface area contributed by atoms with Gasteiger partial charge >= 0.3 is 17.9 Å². The highest BCUT2D eigenvalue weighted by Crippen LogP contribution is 2.46. The van der Waals surface area contributed by atoms with Crippen molar-refractivity contribution >= 4 is 35.3 Å². The summed E-state index contributed by atoms with van der Waals surface area (Å²) in [5, 5.41) is 11.7. The third-order valence-corrected chi connectivity index (χ3v) is 6.97. The predicted octanol–water partition coefficient (Wildman–Crippen LogP) is 6.07. The van der Waals surface area contributed by atoms with Crippen LogP contribution in [0.15, 0.2) is 36.4 Å². The Morgan fingerprint density at radius 3 is 1.54 bits per heavy atom. The van der Waals surface area contributed by atoms with E-state index >= 15 is 0 Å². The number of rotatable bonds is 10. The van der Waals surface area contributed by atoms with Crippen LogP contribution < -0.4 is 0 Å². The van der Waals surface area contributed by atoms with Gasteiger partial charge in [0.25, 0.3) is 0 Å². The largest absolute Gasteiger partial charge is 0.507 e. The number of ketones is 1. The standard InChI is InChI=1S/C32H41ClO8/c1-10-39-27(36)24(28(37)40-11-2)32(29(38)41-12-3,26(35)19-13-15-21(33)16-14-19)20-17-22(30(4,5)6)25(34)23(18-20)31(7,8)9/h13-18,24,34H,10-12H2,1-9H3. The molecule has 0 spiro atoms. The first-order valence-electron chi connectivity index (χ1n) is 13.7. The minimum absolute atomic E-state index is 0.00347. The number of esters is 3. The van der Waals surface area contributed by atoms with Crippen LogP contribution in [0, 0.1) is 5.92 Å². The van der Waals surface area contributed by atoms with E-state index < -0.39 is 45.9 Å². The Hall–Kier alpha value is -3.39. The number of carbonyl (C=O) groups is 4. The summed E-state index contributed by atoms with van der Waals surface area (Å²) in [5.74, 6) is -6.34. The Kier molecular flexibility index (Phi) is 10.8. The average molecular weight is 589 g/mol. The van der Waals surface area contributed by atoms with Gasteiger partial charge < -0.3 is 19.3 Å². The molecule has 0 aliphatic rings. The monoisotopic (exact) mass is 588 g/mol. The second-order valence-corrected chi connectivity index (χ2v) is 12.2. The number of hydrogen-bond acceptors (Lipinski definition) is 8. The number of phenolic OH excluding ortho intramolecular Hbond substituents is 1. The maximum Gasteiger partial charge on any atom is 0.326 e. The molecule has 0 fully saturated rings. The number of phenols is 1. The van der Waals surface area contributed by atoms with Gasteiger partial charge in [-0.2, -0.15) is 0 Å². The second-order valence-electron chi connectivity index (χ2n) is 11.7. The van der Waals surface area contributed by atoms with Crippen LogP contribution in [0.4, 0.5) is 0 Å². The summed E-state index contributed by atoms with van der Waals surface area (Å²) in [4.78, 5) is 56.3. The smallest absolute Gasteiger partial charge is 0.326 e. The first-order chi connectivity index (χ1) is 19.0. The topological polar surface area (TPSA) is 116 Å². The van der Waals surface area contributed by atoms with E-state index in [-0.39, 0.29) is 36.7 Å². The highest BCUT2D eigenvalue weighted by atomic mass is 35.5. The van der Waals surface area contributed by atoms with E-state index in [0.717, 1.165) is 0 Å². The molecule has 0 bridgehead atoms. The molecule has 0 aliphatic carbocycles. The molecule has 0 aromatic heterocycles. The highest BCUT2D eigenvalue weighted by molar-refractivity contribution is 6.31. The number of halogens is 1. The number of Topliss-reactive ketones (excluding diaryl/α,β-unsaturated/α-hetero) is 1. The Labute approximate surface area is 247 Å². The molecule has 8 nitrogen and oxygen atoms in total. The van der Waals surface area contributed by atoms with Crippen LogP contribution in [0.2, 0.25) is 5.02 Å². The molecule has 41 heavy (non-hydrogen) atoms. The second kappa shape index (κ2) is 13.1. The SMILES string of the molecule is CCOC(=O)C(C(=O)OCC)C(C(=O)OCC)(C(=O)c1ccc(Cl)cc1)c1cc(C(C)(C)C)c(O)c(C(C)(C)C)c1. The third kappa shape index (κ3) is 6.92. The molecule has 1 atom stereocenters. The van der Waals surface area contributed by atoms with Crippen LogP contribution in [-0.2, 0) is 44.8 Å². The van der Waals surface area contributed by atoms with E-state index in [1.807, 2.05) is 41.5 Å². The number of benzene rings is 2. The van der Waals surface area contributed by atoms with Crippen molar-refractivity contribution in [3.63, 3.8) is 0 Å². The molecule has 0 saturated heterocycles. The van der Waals surface area contributed by atoms with E-state index in [9.17, 15) is 24.3 Å². The number of carbonyl (C=O) groups excluding carboxylic acids is 4. The first-order valence-corrected chi connectivity index (χ1v) is 14.0. The minimum atomic E-state index is -2.57. The molecule has 2 aromatic carbocycles. The minimum Gasteiger partial charge on any atom is -0.507 e. The lowest BCUT2D eigenvalue weighted by Gasteiger charge is -2.37. The average Bonchev–Trinajstić information content (AvgIpc) is 2.86. The van der Waals surface area contributed by atoms with Gasteiger partial charge in [0.05, 0.1) is 19.8 Å². The molecule has 2 aromatic rings. The van der Waals surface area contributed by atoms with Crippen LogP contribution in [0.1, 0.15) is 89.4 Å². The van der Waals surface area contributed by atoms with Gasteiger partial charge in [0.2, 0.25) is 0 Å².